The predicted molar refractivity (Wildman–Crippen MR) is 58.4 cm³/mol. The highest BCUT2D eigenvalue weighted by Gasteiger charge is 1.87. The van der Waals surface area contributed by atoms with E-state index >= 15 is 0 Å². The first-order valence-corrected chi connectivity index (χ1v) is 5.69. The van der Waals surface area contributed by atoms with E-state index in [1.807, 2.05) is 0 Å². The minimum atomic E-state index is -2.32. The van der Waals surface area contributed by atoms with E-state index in [4.69, 9.17) is 0 Å². The first-order valence-electron chi connectivity index (χ1n) is 4.69. The zero-order valence-corrected chi connectivity index (χ0v) is 9.76. The van der Waals surface area contributed by atoms with Crippen LogP contribution >= 0.6 is 0 Å². The van der Waals surface area contributed by atoms with Crippen LogP contribution in [-0.2, 0) is 20.3 Å². The monoisotopic (exact) mass is 236 g/mol. The predicted octanol–water partition coefficient (Wildman–Crippen LogP) is 1.04. The molecule has 0 aliphatic rings. The molecule has 0 aromatic heterocycles. The van der Waals surface area contributed by atoms with Crippen molar-refractivity contribution in [1.82, 2.24) is 0 Å². The van der Waals surface area contributed by atoms with Crippen molar-refractivity contribution in [2.75, 3.05) is 6.61 Å². The molecule has 0 spiro atoms. The lowest BCUT2D eigenvalue weighted by molar-refractivity contribution is -0.113. The second-order valence-corrected chi connectivity index (χ2v) is 3.34. The smallest absolute Gasteiger partial charge is 0.240 e. The summed E-state index contributed by atoms with van der Waals surface area (Å²) in [5.74, 6) is -0.481. The van der Waals surface area contributed by atoms with Crippen LogP contribution in [0.4, 0.5) is 0 Å². The van der Waals surface area contributed by atoms with Crippen molar-refractivity contribution in [3.8, 4) is 0 Å². The van der Waals surface area contributed by atoms with Crippen LogP contribution in [0.2, 0.25) is 0 Å². The van der Waals surface area contributed by atoms with Gasteiger partial charge in [-0.2, -0.15) is 0 Å². The van der Waals surface area contributed by atoms with Gasteiger partial charge in [-0.3, -0.25) is 4.79 Å². The summed E-state index contributed by atoms with van der Waals surface area (Å²) >= 11 is -2.32. The van der Waals surface area contributed by atoms with Gasteiger partial charge in [-0.1, -0.05) is 32.8 Å². The molecule has 2 N–H and O–H groups in total. The van der Waals surface area contributed by atoms with Gasteiger partial charge in [-0.15, -0.1) is 0 Å². The highest BCUT2D eigenvalue weighted by molar-refractivity contribution is 7.74. The molecule has 0 rings (SSSR count). The maximum Gasteiger partial charge on any atom is 0.240 e. The maximum atomic E-state index is 9.81. The fourth-order valence-electron chi connectivity index (χ4n) is 0.656. The lowest BCUT2D eigenvalue weighted by Gasteiger charge is -2.04. The van der Waals surface area contributed by atoms with Crippen LogP contribution in [0, 0.1) is 0 Å². The molecular weight excluding hydrogens is 218 g/mol. The van der Waals surface area contributed by atoms with Crippen molar-refractivity contribution >= 4 is 17.3 Å². The molecule has 1 unspecified atom stereocenters. The van der Waals surface area contributed by atoms with E-state index in [0.717, 1.165) is 31.8 Å². The molecule has 0 saturated heterocycles. The Bertz CT molecular complexity index is 197. The van der Waals surface area contributed by atoms with Gasteiger partial charge in [0, 0.05) is 0 Å². The third-order valence-corrected chi connectivity index (χ3v) is 1.74. The summed E-state index contributed by atoms with van der Waals surface area (Å²) < 4.78 is 23.9. The fraction of sp³-hybridized carbons (Fsp3) is 0.667. The Kier molecular flexibility index (Phi) is 14.8. The molecule has 90 valence electrons. The standard InChI is InChI=1S/C6H14O3S.C3H5NO/c1-2-3-4-5-6-9-10(7)8;1-2-3(4)5/h2-6H2,1H3,(H,7,8);2H,1H2,(H2,4,5)/p-1. The summed E-state index contributed by atoms with van der Waals surface area (Å²) in [5.41, 5.74) is 4.53. The van der Waals surface area contributed by atoms with Crippen molar-refractivity contribution < 1.29 is 17.7 Å². The first-order chi connectivity index (χ1) is 7.04. The minimum Gasteiger partial charge on any atom is -0.750 e. The topological polar surface area (TPSA) is 92.5 Å². The zero-order chi connectivity index (χ0) is 12.1. The van der Waals surface area contributed by atoms with Gasteiger partial charge < -0.3 is 14.5 Å². The number of carbonyl (C=O) groups is 1. The van der Waals surface area contributed by atoms with Crippen LogP contribution in [0.25, 0.3) is 0 Å². The maximum absolute atomic E-state index is 9.81. The number of rotatable bonds is 7. The van der Waals surface area contributed by atoms with Crippen LogP contribution < -0.4 is 5.73 Å². The molecule has 0 saturated carbocycles. The van der Waals surface area contributed by atoms with E-state index in [2.05, 4.69) is 23.4 Å². The summed E-state index contributed by atoms with van der Waals surface area (Å²) in [7, 11) is 0. The highest BCUT2D eigenvalue weighted by Crippen LogP contribution is 1.98. The molecule has 0 heterocycles. The van der Waals surface area contributed by atoms with Gasteiger partial charge in [0.2, 0.25) is 5.91 Å². The SMILES string of the molecule is C=CC(N)=O.CCCCCCOS(=O)[O-]. The molecule has 0 aliphatic carbocycles. The summed E-state index contributed by atoms with van der Waals surface area (Å²) in [6.45, 7) is 5.52. The molecule has 0 radical (unpaired) electrons. The number of nitrogens with two attached hydrogens (primary N) is 1. The molecule has 15 heavy (non-hydrogen) atoms. The van der Waals surface area contributed by atoms with Crippen LogP contribution in [0.15, 0.2) is 12.7 Å². The van der Waals surface area contributed by atoms with E-state index in [0.29, 0.717) is 6.61 Å². The Balaban J connectivity index is 0. The van der Waals surface area contributed by atoms with Crippen molar-refractivity contribution in [2.45, 2.75) is 32.6 Å². The molecule has 1 atom stereocenters. The molecule has 1 amide bonds. The third-order valence-electron chi connectivity index (χ3n) is 1.38. The van der Waals surface area contributed by atoms with Gasteiger partial charge in [-0.05, 0) is 12.5 Å². The van der Waals surface area contributed by atoms with Crippen LogP contribution in [0.3, 0.4) is 0 Å². The molecule has 0 aliphatic heterocycles. The van der Waals surface area contributed by atoms with E-state index in [-0.39, 0.29) is 0 Å². The van der Waals surface area contributed by atoms with Gasteiger partial charge in [0.15, 0.2) is 0 Å². The van der Waals surface area contributed by atoms with Crippen LogP contribution in [0.5, 0.6) is 0 Å². The third kappa shape index (κ3) is 24.6. The van der Waals surface area contributed by atoms with E-state index in [9.17, 15) is 13.6 Å². The Hall–Kier alpha value is -0.720. The van der Waals surface area contributed by atoms with E-state index < -0.39 is 17.3 Å². The number of carbonyl (C=O) groups excluding carboxylic acids is 1. The summed E-state index contributed by atoms with van der Waals surface area (Å²) in [5, 5.41) is 0. The van der Waals surface area contributed by atoms with Crippen molar-refractivity contribution in [2.24, 2.45) is 5.73 Å². The Morgan fingerprint density at radius 3 is 2.40 bits per heavy atom. The Labute approximate surface area is 93.2 Å². The molecule has 0 aromatic carbocycles. The normalized spacial score (nSPS) is 11.1. The Morgan fingerprint density at radius 2 is 2.07 bits per heavy atom. The number of hydrogen-bond acceptors (Lipinski definition) is 4. The summed E-state index contributed by atoms with van der Waals surface area (Å²) in [6.07, 6.45) is 5.24. The van der Waals surface area contributed by atoms with Gasteiger partial charge in [0.05, 0.1) is 18.0 Å². The number of amides is 1. The molecule has 5 nitrogen and oxygen atoms in total. The molecule has 0 bridgehead atoms. The molecule has 0 aromatic rings. The Morgan fingerprint density at radius 1 is 1.53 bits per heavy atom. The van der Waals surface area contributed by atoms with E-state index in [1.54, 1.807) is 0 Å². The second-order valence-electron chi connectivity index (χ2n) is 2.69. The number of unbranched alkanes of at least 4 members (excludes halogenated alkanes) is 3. The number of primary amides is 1. The first kappa shape index (κ1) is 16.7. The van der Waals surface area contributed by atoms with Gasteiger partial charge in [0.1, 0.15) is 0 Å². The summed E-state index contributed by atoms with van der Waals surface area (Å²) in [6, 6.07) is 0. The molecule has 6 heteroatoms. The van der Waals surface area contributed by atoms with Crippen molar-refractivity contribution in [1.29, 1.82) is 0 Å². The van der Waals surface area contributed by atoms with E-state index in [1.165, 1.54) is 0 Å². The minimum absolute atomic E-state index is 0.329. The van der Waals surface area contributed by atoms with Crippen LogP contribution in [0.1, 0.15) is 32.6 Å². The zero-order valence-electron chi connectivity index (χ0n) is 8.94. The molecular formula is C9H18NO4S-. The molecule has 0 fully saturated rings. The average molecular weight is 236 g/mol. The quantitative estimate of drug-likeness (QED) is 0.406. The largest absolute Gasteiger partial charge is 0.750 e. The average Bonchev–Trinajstić information content (AvgIpc) is 2.18. The highest BCUT2D eigenvalue weighted by atomic mass is 32.2. The van der Waals surface area contributed by atoms with Gasteiger partial charge in [0.25, 0.3) is 0 Å². The number of hydrogen-bond donors (Lipinski definition) is 1. The van der Waals surface area contributed by atoms with Crippen molar-refractivity contribution in [3.63, 3.8) is 0 Å². The lowest BCUT2D eigenvalue weighted by Crippen LogP contribution is -2.04. The second kappa shape index (κ2) is 13.3. The fourth-order valence-corrected chi connectivity index (χ4v) is 0.910. The van der Waals surface area contributed by atoms with Crippen molar-refractivity contribution in [3.05, 3.63) is 12.7 Å². The van der Waals surface area contributed by atoms with Gasteiger partial charge in [-0.25, -0.2) is 4.21 Å². The van der Waals surface area contributed by atoms with Crippen LogP contribution in [-0.4, -0.2) is 21.3 Å². The van der Waals surface area contributed by atoms with Gasteiger partial charge >= 0.3 is 0 Å². The lowest BCUT2D eigenvalue weighted by atomic mass is 10.2. The summed E-state index contributed by atoms with van der Waals surface area (Å²) in [4.78, 5) is 9.47.